The van der Waals surface area contributed by atoms with E-state index in [1.54, 1.807) is 11.2 Å². The van der Waals surface area contributed by atoms with Crippen LogP contribution in [0.25, 0.3) is 0 Å². The third kappa shape index (κ3) is 1.90. The lowest BCUT2D eigenvalue weighted by atomic mass is 10.3. The number of anilines is 1. The summed E-state index contributed by atoms with van der Waals surface area (Å²) in [5, 5.41) is 3.47. The summed E-state index contributed by atoms with van der Waals surface area (Å²) in [5.74, 6) is 0.0879. The van der Waals surface area contributed by atoms with Gasteiger partial charge < -0.3 is 0 Å². The van der Waals surface area contributed by atoms with Gasteiger partial charge in [0.1, 0.15) is 0 Å². The van der Waals surface area contributed by atoms with Gasteiger partial charge in [0.2, 0.25) is 5.91 Å². The average Bonchev–Trinajstić information content (AvgIpc) is 2.59. The molecule has 0 unspecified atom stereocenters. The number of amides is 1. The van der Waals surface area contributed by atoms with E-state index in [2.05, 4.69) is 22.5 Å². The average molecular weight is 267 g/mol. The number of rotatable bonds is 2. The molecule has 1 heterocycles. The maximum atomic E-state index is 11.5. The van der Waals surface area contributed by atoms with E-state index in [-0.39, 0.29) is 5.91 Å². The van der Waals surface area contributed by atoms with Gasteiger partial charge in [-0.2, -0.15) is 0 Å². The van der Waals surface area contributed by atoms with Crippen LogP contribution in [-0.4, -0.2) is 17.5 Å². The number of hydrazine groups is 1. The van der Waals surface area contributed by atoms with E-state index in [0.717, 1.165) is 10.2 Å². The zero-order chi connectivity index (χ0) is 10.8. The highest BCUT2D eigenvalue weighted by Crippen LogP contribution is 2.25. The van der Waals surface area contributed by atoms with Gasteiger partial charge in [-0.3, -0.25) is 9.80 Å². The second-order valence-electron chi connectivity index (χ2n) is 3.27. The molecule has 1 saturated heterocycles. The van der Waals surface area contributed by atoms with E-state index in [1.807, 2.05) is 29.3 Å². The molecule has 0 saturated carbocycles. The summed E-state index contributed by atoms with van der Waals surface area (Å²) in [7, 11) is 0. The molecule has 0 atom stereocenters. The molecule has 0 N–H and O–H groups in total. The first-order chi connectivity index (χ1) is 7.22. The lowest BCUT2D eigenvalue weighted by molar-refractivity contribution is -0.125. The fourth-order valence-electron chi connectivity index (χ4n) is 1.65. The molecule has 1 aliphatic rings. The molecule has 0 bridgehead atoms. The Balaban J connectivity index is 2.31. The van der Waals surface area contributed by atoms with Crippen LogP contribution in [0.1, 0.15) is 6.42 Å². The Morgan fingerprint density at radius 2 is 2.27 bits per heavy atom. The Morgan fingerprint density at radius 1 is 1.47 bits per heavy atom. The highest BCUT2D eigenvalue weighted by molar-refractivity contribution is 9.10. The maximum absolute atomic E-state index is 11.5. The highest BCUT2D eigenvalue weighted by atomic mass is 79.9. The van der Waals surface area contributed by atoms with Crippen molar-refractivity contribution in [3.8, 4) is 0 Å². The Morgan fingerprint density at radius 3 is 2.93 bits per heavy atom. The fourth-order valence-corrected chi connectivity index (χ4v) is 2.04. The molecule has 0 spiro atoms. The number of hydrogen-bond donors (Lipinski definition) is 0. The standard InChI is InChI=1S/C11H11BrN2O/c1-2-13-11(15)6-7-14(13)10-5-3-4-9(12)8-10/h2-5,8H,1,6-7H2. The molecule has 1 aliphatic heterocycles. The molecular formula is C11H11BrN2O. The third-order valence-electron chi connectivity index (χ3n) is 2.33. The van der Waals surface area contributed by atoms with E-state index < -0.39 is 0 Å². The van der Waals surface area contributed by atoms with Crippen LogP contribution in [0.3, 0.4) is 0 Å². The summed E-state index contributed by atoms with van der Waals surface area (Å²) in [6.07, 6.45) is 2.09. The van der Waals surface area contributed by atoms with E-state index in [0.29, 0.717) is 13.0 Å². The van der Waals surface area contributed by atoms with Crippen molar-refractivity contribution >= 4 is 27.5 Å². The molecule has 0 aromatic heterocycles. The van der Waals surface area contributed by atoms with Crippen LogP contribution in [0.15, 0.2) is 41.5 Å². The van der Waals surface area contributed by atoms with Gasteiger partial charge in [0, 0.05) is 23.6 Å². The van der Waals surface area contributed by atoms with Crippen LogP contribution in [0, 0.1) is 0 Å². The van der Waals surface area contributed by atoms with Crippen LogP contribution < -0.4 is 5.01 Å². The van der Waals surface area contributed by atoms with Crippen molar-refractivity contribution < 1.29 is 4.79 Å². The summed E-state index contributed by atoms with van der Waals surface area (Å²) >= 11 is 3.41. The summed E-state index contributed by atoms with van der Waals surface area (Å²) in [6.45, 7) is 4.35. The Kier molecular flexibility index (Phi) is 2.77. The lowest BCUT2D eigenvalue weighted by Gasteiger charge is -2.26. The van der Waals surface area contributed by atoms with Crippen molar-refractivity contribution in [3.63, 3.8) is 0 Å². The van der Waals surface area contributed by atoms with Crippen LogP contribution in [-0.2, 0) is 4.79 Å². The van der Waals surface area contributed by atoms with Gasteiger partial charge in [0.05, 0.1) is 5.69 Å². The van der Waals surface area contributed by atoms with Crippen molar-refractivity contribution in [1.29, 1.82) is 0 Å². The summed E-state index contributed by atoms with van der Waals surface area (Å²) in [6, 6.07) is 7.86. The fraction of sp³-hybridized carbons (Fsp3) is 0.182. The van der Waals surface area contributed by atoms with Crippen LogP contribution in [0.2, 0.25) is 0 Å². The van der Waals surface area contributed by atoms with Gasteiger partial charge >= 0.3 is 0 Å². The van der Waals surface area contributed by atoms with Crippen molar-refractivity contribution in [3.05, 3.63) is 41.5 Å². The Bertz CT molecular complexity index is 405. The number of halogens is 1. The number of carbonyl (C=O) groups is 1. The van der Waals surface area contributed by atoms with Crippen molar-refractivity contribution in [2.24, 2.45) is 0 Å². The van der Waals surface area contributed by atoms with Gasteiger partial charge in [-0.05, 0) is 18.2 Å². The van der Waals surface area contributed by atoms with Crippen LogP contribution >= 0.6 is 15.9 Å². The molecule has 1 amide bonds. The molecule has 15 heavy (non-hydrogen) atoms. The zero-order valence-electron chi connectivity index (χ0n) is 8.19. The largest absolute Gasteiger partial charge is 0.278 e. The van der Waals surface area contributed by atoms with E-state index in [9.17, 15) is 4.79 Å². The third-order valence-corrected chi connectivity index (χ3v) is 2.83. The smallest absolute Gasteiger partial charge is 0.247 e. The first-order valence-electron chi connectivity index (χ1n) is 4.70. The summed E-state index contributed by atoms with van der Waals surface area (Å²) < 4.78 is 1.00. The minimum Gasteiger partial charge on any atom is -0.278 e. The summed E-state index contributed by atoms with van der Waals surface area (Å²) in [5.41, 5.74) is 0.995. The van der Waals surface area contributed by atoms with E-state index in [4.69, 9.17) is 0 Å². The normalized spacial score (nSPS) is 15.9. The van der Waals surface area contributed by atoms with Gasteiger partial charge in [0.15, 0.2) is 0 Å². The topological polar surface area (TPSA) is 23.6 Å². The first-order valence-corrected chi connectivity index (χ1v) is 5.49. The van der Waals surface area contributed by atoms with Crippen molar-refractivity contribution in [1.82, 2.24) is 5.01 Å². The second kappa shape index (κ2) is 4.06. The van der Waals surface area contributed by atoms with Gasteiger partial charge in [-0.1, -0.05) is 28.6 Å². The SMILES string of the molecule is C=CN1C(=O)CCN1c1cccc(Br)c1. The molecule has 78 valence electrons. The molecule has 1 fully saturated rings. The molecule has 3 nitrogen and oxygen atoms in total. The minimum atomic E-state index is 0.0879. The molecule has 4 heteroatoms. The number of carbonyl (C=O) groups excluding carboxylic acids is 1. The van der Waals surface area contributed by atoms with Crippen molar-refractivity contribution in [2.75, 3.05) is 11.6 Å². The molecule has 0 aliphatic carbocycles. The Hall–Kier alpha value is -1.29. The van der Waals surface area contributed by atoms with Crippen LogP contribution in [0.4, 0.5) is 5.69 Å². The van der Waals surface area contributed by atoms with Gasteiger partial charge in [0.25, 0.3) is 0 Å². The minimum absolute atomic E-state index is 0.0879. The number of benzene rings is 1. The quantitative estimate of drug-likeness (QED) is 0.822. The zero-order valence-corrected chi connectivity index (χ0v) is 9.77. The van der Waals surface area contributed by atoms with E-state index >= 15 is 0 Å². The number of nitrogens with zero attached hydrogens (tertiary/aromatic N) is 2. The van der Waals surface area contributed by atoms with Crippen molar-refractivity contribution in [2.45, 2.75) is 6.42 Å². The molecule has 1 aromatic carbocycles. The monoisotopic (exact) mass is 266 g/mol. The lowest BCUT2D eigenvalue weighted by Crippen LogP contribution is -2.34. The van der Waals surface area contributed by atoms with E-state index in [1.165, 1.54) is 0 Å². The Labute approximate surface area is 97.1 Å². The van der Waals surface area contributed by atoms with Crippen LogP contribution in [0.5, 0.6) is 0 Å². The second-order valence-corrected chi connectivity index (χ2v) is 4.19. The highest BCUT2D eigenvalue weighted by Gasteiger charge is 2.26. The molecule has 0 radical (unpaired) electrons. The first kappa shape index (κ1) is 10.2. The molecular weight excluding hydrogens is 256 g/mol. The maximum Gasteiger partial charge on any atom is 0.247 e. The molecule has 1 aromatic rings. The van der Waals surface area contributed by atoms with Gasteiger partial charge in [-0.15, -0.1) is 0 Å². The van der Waals surface area contributed by atoms with Gasteiger partial charge in [-0.25, -0.2) is 5.01 Å². The summed E-state index contributed by atoms with van der Waals surface area (Å²) in [4.78, 5) is 11.5. The predicted molar refractivity (Wildman–Crippen MR) is 63.1 cm³/mol. The molecule has 2 rings (SSSR count). The predicted octanol–water partition coefficient (Wildman–Crippen LogP) is 2.55. The number of hydrogen-bond acceptors (Lipinski definition) is 2.